The summed E-state index contributed by atoms with van der Waals surface area (Å²) in [6, 6.07) is 5.27. The number of nitrogens with one attached hydrogen (secondary N) is 2. The second-order valence-corrected chi connectivity index (χ2v) is 10.8. The lowest BCUT2D eigenvalue weighted by atomic mass is 9.88. The molecule has 0 aromatic heterocycles. The molecule has 3 aliphatic rings. The van der Waals surface area contributed by atoms with Crippen molar-refractivity contribution in [3.63, 3.8) is 0 Å². The van der Waals surface area contributed by atoms with Gasteiger partial charge in [-0.3, -0.25) is 4.79 Å². The average molecular weight is 475 g/mol. The average Bonchev–Trinajstić information content (AvgIpc) is 2.71. The number of ether oxygens (including phenoxy) is 1. The van der Waals surface area contributed by atoms with Gasteiger partial charge < -0.3 is 19.9 Å². The van der Waals surface area contributed by atoms with Crippen molar-refractivity contribution in [3.8, 4) is 0 Å². The summed E-state index contributed by atoms with van der Waals surface area (Å²) in [6.45, 7) is 2.33. The van der Waals surface area contributed by atoms with E-state index >= 15 is 0 Å². The summed E-state index contributed by atoms with van der Waals surface area (Å²) < 4.78 is 63.2. The summed E-state index contributed by atoms with van der Waals surface area (Å²) in [4.78, 5) is 27.2. The second kappa shape index (κ2) is 8.22. The fourth-order valence-corrected chi connectivity index (χ4v) is 5.40. The summed E-state index contributed by atoms with van der Waals surface area (Å²) in [6.07, 6.45) is 1.90. The molecule has 32 heavy (non-hydrogen) atoms. The molecule has 3 amide bonds. The van der Waals surface area contributed by atoms with Gasteiger partial charge in [-0.15, -0.1) is 0 Å². The van der Waals surface area contributed by atoms with Gasteiger partial charge in [0, 0.05) is 26.2 Å². The third kappa shape index (κ3) is 4.42. The third-order valence-corrected chi connectivity index (χ3v) is 7.81. The van der Waals surface area contributed by atoms with Crippen molar-refractivity contribution in [2.24, 2.45) is 5.92 Å². The first-order valence-electron chi connectivity index (χ1n) is 10.4. The van der Waals surface area contributed by atoms with Crippen LogP contribution in [0, 0.1) is 10.7 Å². The van der Waals surface area contributed by atoms with Gasteiger partial charge >= 0.3 is 11.5 Å². The van der Waals surface area contributed by atoms with E-state index in [1.807, 2.05) is 0 Å². The summed E-state index contributed by atoms with van der Waals surface area (Å²) in [5.74, 6) is 0.000409. The van der Waals surface area contributed by atoms with Crippen LogP contribution in [-0.4, -0.2) is 76.4 Å². The molecule has 1 aromatic rings. The number of hydrogen-bond acceptors (Lipinski definition) is 5. The first-order chi connectivity index (χ1) is 15.0. The maximum Gasteiger partial charge on any atom is 0.483 e. The first kappa shape index (κ1) is 22.8. The van der Waals surface area contributed by atoms with Gasteiger partial charge in [0.05, 0.1) is 17.0 Å². The zero-order valence-electron chi connectivity index (χ0n) is 17.3. The summed E-state index contributed by atoms with van der Waals surface area (Å²) in [5.41, 5.74) is -4.99. The Hall–Kier alpha value is -2.34. The summed E-state index contributed by atoms with van der Waals surface area (Å²) >= 11 is 0. The van der Waals surface area contributed by atoms with Crippen LogP contribution in [-0.2, 0) is 25.7 Å². The number of urea groups is 1. The van der Waals surface area contributed by atoms with Crippen LogP contribution in [0.5, 0.6) is 0 Å². The van der Waals surface area contributed by atoms with Gasteiger partial charge in [-0.05, 0) is 42.9 Å². The van der Waals surface area contributed by atoms with Gasteiger partial charge in [0.1, 0.15) is 6.61 Å². The molecule has 3 fully saturated rings. The maximum absolute atomic E-state index is 12.9. The Labute approximate surface area is 184 Å². The zero-order chi connectivity index (χ0) is 23.1. The number of rotatable bonds is 3. The highest BCUT2D eigenvalue weighted by Gasteiger charge is 2.49. The van der Waals surface area contributed by atoms with Crippen molar-refractivity contribution in [1.29, 1.82) is 4.78 Å². The Morgan fingerprint density at radius 3 is 2.56 bits per heavy atom. The van der Waals surface area contributed by atoms with Crippen molar-refractivity contribution >= 4 is 21.7 Å². The van der Waals surface area contributed by atoms with Gasteiger partial charge in [0.15, 0.2) is 9.73 Å². The Kier molecular flexibility index (Phi) is 5.86. The summed E-state index contributed by atoms with van der Waals surface area (Å²) in [7, 11) is -4.87. The van der Waals surface area contributed by atoms with Crippen LogP contribution in [0.2, 0.25) is 0 Å². The molecular weight excluding hydrogens is 449 g/mol. The number of amides is 3. The van der Waals surface area contributed by atoms with E-state index < -0.39 is 25.7 Å². The number of halogens is 3. The number of nitrogens with zero attached hydrogens (tertiary/aromatic N) is 2. The minimum atomic E-state index is -5.11. The molecule has 1 atom stereocenters. The molecule has 176 valence electrons. The quantitative estimate of drug-likeness (QED) is 0.701. The molecule has 3 saturated heterocycles. The van der Waals surface area contributed by atoms with Crippen molar-refractivity contribution in [2.45, 2.75) is 35.2 Å². The Bertz CT molecular complexity index is 1000. The number of piperidine rings is 1. The van der Waals surface area contributed by atoms with Crippen LogP contribution >= 0.6 is 0 Å². The standard InChI is InChI=1S/C20H25F3N4O4S/c21-20(22,23)32(24,30)16-3-1-2-15(9-16)8-14-4-6-26(7-5-14)18(29)27-11-19(12-27)13-31-10-17(28)25-19/h1-3,9,14,24H,4-8,10-13H2,(H,25,28). The molecule has 3 aliphatic heterocycles. The Morgan fingerprint density at radius 2 is 1.94 bits per heavy atom. The summed E-state index contributed by atoms with van der Waals surface area (Å²) in [5, 5.41) is 2.90. The van der Waals surface area contributed by atoms with Crippen LogP contribution in [0.4, 0.5) is 18.0 Å². The van der Waals surface area contributed by atoms with E-state index in [-0.39, 0.29) is 24.5 Å². The van der Waals surface area contributed by atoms with E-state index in [9.17, 15) is 27.0 Å². The number of morpholine rings is 1. The normalized spacial score (nSPS) is 23.4. The molecule has 12 heteroatoms. The van der Waals surface area contributed by atoms with E-state index in [4.69, 9.17) is 9.52 Å². The number of benzene rings is 1. The first-order valence-corrected chi connectivity index (χ1v) is 11.9. The second-order valence-electron chi connectivity index (χ2n) is 8.74. The molecule has 0 saturated carbocycles. The smallest absolute Gasteiger partial charge is 0.369 e. The Morgan fingerprint density at radius 1 is 1.25 bits per heavy atom. The largest absolute Gasteiger partial charge is 0.483 e. The lowest BCUT2D eigenvalue weighted by Crippen LogP contribution is -2.76. The van der Waals surface area contributed by atoms with Crippen LogP contribution in [0.25, 0.3) is 0 Å². The highest BCUT2D eigenvalue weighted by Crippen LogP contribution is 2.32. The molecule has 2 N–H and O–H groups in total. The van der Waals surface area contributed by atoms with Crippen molar-refractivity contribution in [2.75, 3.05) is 39.4 Å². The lowest BCUT2D eigenvalue weighted by Gasteiger charge is -2.52. The van der Waals surface area contributed by atoms with Crippen LogP contribution in [0.15, 0.2) is 29.2 Å². The van der Waals surface area contributed by atoms with E-state index in [1.165, 1.54) is 12.1 Å². The predicted molar refractivity (Wildman–Crippen MR) is 108 cm³/mol. The molecule has 0 bridgehead atoms. The number of carbonyl (C=O) groups is 2. The Balaban J connectivity index is 1.29. The van der Waals surface area contributed by atoms with E-state index in [1.54, 1.807) is 15.9 Å². The van der Waals surface area contributed by atoms with Crippen molar-refractivity contribution in [3.05, 3.63) is 29.8 Å². The van der Waals surface area contributed by atoms with Gasteiger partial charge in [-0.2, -0.15) is 13.2 Å². The fraction of sp³-hybridized carbons (Fsp3) is 0.600. The van der Waals surface area contributed by atoms with Crippen LogP contribution < -0.4 is 5.32 Å². The van der Waals surface area contributed by atoms with Crippen molar-refractivity contribution in [1.82, 2.24) is 15.1 Å². The maximum atomic E-state index is 12.9. The fourth-order valence-electron chi connectivity index (χ4n) is 4.54. The minimum absolute atomic E-state index is 0.0429. The lowest BCUT2D eigenvalue weighted by molar-refractivity contribution is -0.141. The van der Waals surface area contributed by atoms with Gasteiger partial charge in [-0.1, -0.05) is 12.1 Å². The molecule has 0 aliphatic carbocycles. The van der Waals surface area contributed by atoms with E-state index in [2.05, 4.69) is 5.32 Å². The van der Waals surface area contributed by atoms with Gasteiger partial charge in [-0.25, -0.2) is 13.8 Å². The van der Waals surface area contributed by atoms with Crippen LogP contribution in [0.3, 0.4) is 0 Å². The predicted octanol–water partition coefficient (Wildman–Crippen LogP) is 2.19. The SMILES string of the molecule is N=S(=O)(c1cccc(CC2CCN(C(=O)N3CC4(COCC(=O)N4)C3)CC2)c1)C(F)(F)F. The van der Waals surface area contributed by atoms with Crippen LogP contribution in [0.1, 0.15) is 18.4 Å². The molecule has 0 radical (unpaired) electrons. The molecule has 4 rings (SSSR count). The number of likely N-dealkylation sites (tertiary alicyclic amines) is 2. The van der Waals surface area contributed by atoms with Gasteiger partial charge in [0.25, 0.3) is 0 Å². The third-order valence-electron chi connectivity index (χ3n) is 6.24. The molecular formula is C20H25F3N4O4S. The van der Waals surface area contributed by atoms with E-state index in [0.717, 1.165) is 6.07 Å². The minimum Gasteiger partial charge on any atom is -0.369 e. The molecule has 1 spiro atoms. The topological polar surface area (TPSA) is 103 Å². The zero-order valence-corrected chi connectivity index (χ0v) is 18.1. The molecule has 3 heterocycles. The molecule has 1 unspecified atom stereocenters. The van der Waals surface area contributed by atoms with E-state index in [0.29, 0.717) is 57.6 Å². The highest BCUT2D eigenvalue weighted by atomic mass is 32.2. The molecule has 8 nitrogen and oxygen atoms in total. The monoisotopic (exact) mass is 474 g/mol. The number of carbonyl (C=O) groups excluding carboxylic acids is 2. The highest BCUT2D eigenvalue weighted by molar-refractivity contribution is 7.93. The molecule has 1 aromatic carbocycles. The number of hydrogen-bond donors (Lipinski definition) is 2. The van der Waals surface area contributed by atoms with Gasteiger partial charge in [0.2, 0.25) is 5.91 Å². The van der Waals surface area contributed by atoms with Crippen molar-refractivity contribution < 1.29 is 31.7 Å². The number of alkyl halides is 3.